The van der Waals surface area contributed by atoms with Crippen LogP contribution in [0.15, 0.2) is 0 Å². The van der Waals surface area contributed by atoms with Crippen molar-refractivity contribution in [3.05, 3.63) is 16.4 Å². The van der Waals surface area contributed by atoms with E-state index in [9.17, 15) is 26.7 Å². The number of imidazole rings is 1. The van der Waals surface area contributed by atoms with Gasteiger partial charge in [0.05, 0.1) is 18.8 Å². The Morgan fingerprint density at radius 3 is 2.58 bits per heavy atom. The predicted octanol–water partition coefficient (Wildman–Crippen LogP) is 2.52. The van der Waals surface area contributed by atoms with Crippen LogP contribution in [0, 0.1) is 5.92 Å². The minimum atomic E-state index is -4.76. The molecule has 3 heterocycles. The zero-order valence-corrected chi connectivity index (χ0v) is 14.5. The van der Waals surface area contributed by atoms with Crippen LogP contribution in [0.2, 0.25) is 0 Å². The Bertz CT molecular complexity index is 831. The number of likely N-dealkylation sites (tertiary alicyclic amines) is 1. The molecule has 0 saturated carbocycles. The van der Waals surface area contributed by atoms with Crippen LogP contribution in [0.25, 0.3) is 4.96 Å². The average Bonchev–Trinajstić information content (AvgIpc) is 3.09. The quantitative estimate of drug-likeness (QED) is 0.597. The minimum Gasteiger partial charge on any atom is -0.389 e. The standard InChI is InChI=1S/C13H12ClF5N4O2S/c14-12(15,16)1-6-2-22(4-8(6)25)3-7-10(13(17,18)19)23-11(20-7)26-9(5-24)21-23/h6,24H,1-5H2/t6-/m1/s1. The summed E-state index contributed by atoms with van der Waals surface area (Å²) in [5.74, 6) is -1.54. The van der Waals surface area contributed by atoms with E-state index in [4.69, 9.17) is 16.7 Å². The number of ketones is 1. The lowest BCUT2D eigenvalue weighted by Gasteiger charge is -2.16. The second kappa shape index (κ2) is 6.66. The molecular weight excluding hydrogens is 407 g/mol. The molecule has 1 aliphatic rings. The van der Waals surface area contributed by atoms with E-state index >= 15 is 0 Å². The number of aliphatic hydroxyl groups is 1. The third-order valence-electron chi connectivity index (χ3n) is 3.89. The molecule has 0 unspecified atom stereocenters. The predicted molar refractivity (Wildman–Crippen MR) is 81.0 cm³/mol. The van der Waals surface area contributed by atoms with Gasteiger partial charge in [0, 0.05) is 25.4 Å². The van der Waals surface area contributed by atoms with Gasteiger partial charge in [-0.15, -0.1) is 0 Å². The number of carbonyl (C=O) groups is 1. The highest BCUT2D eigenvalue weighted by molar-refractivity contribution is 7.16. The maximum absolute atomic E-state index is 13.4. The average molecular weight is 419 g/mol. The normalized spacial score (nSPS) is 19.8. The molecule has 0 radical (unpaired) electrons. The molecule has 1 saturated heterocycles. The van der Waals surface area contributed by atoms with Gasteiger partial charge in [0.25, 0.3) is 0 Å². The van der Waals surface area contributed by atoms with Crippen LogP contribution >= 0.6 is 22.9 Å². The molecule has 144 valence electrons. The molecule has 1 aliphatic heterocycles. The summed E-state index contributed by atoms with van der Waals surface area (Å²) in [6.45, 7) is -1.24. The number of hydrogen-bond acceptors (Lipinski definition) is 6. The van der Waals surface area contributed by atoms with E-state index in [2.05, 4.69) is 10.1 Å². The van der Waals surface area contributed by atoms with Crippen LogP contribution in [0.5, 0.6) is 0 Å². The number of fused-ring (bicyclic) bond motifs is 1. The van der Waals surface area contributed by atoms with Gasteiger partial charge in [-0.05, 0) is 11.6 Å². The maximum atomic E-state index is 13.4. The van der Waals surface area contributed by atoms with E-state index in [0.717, 1.165) is 11.3 Å². The van der Waals surface area contributed by atoms with Gasteiger partial charge in [0.2, 0.25) is 4.96 Å². The number of Topliss-reactive ketones (excluding diaryl/α,β-unsaturated/α-hetero) is 1. The lowest BCUT2D eigenvalue weighted by atomic mass is 10.0. The van der Waals surface area contributed by atoms with Crippen molar-refractivity contribution in [3.8, 4) is 0 Å². The lowest BCUT2D eigenvalue weighted by molar-refractivity contribution is -0.143. The van der Waals surface area contributed by atoms with E-state index in [1.807, 2.05) is 0 Å². The van der Waals surface area contributed by atoms with E-state index in [0.29, 0.717) is 4.52 Å². The van der Waals surface area contributed by atoms with Gasteiger partial charge in [0.15, 0.2) is 11.5 Å². The van der Waals surface area contributed by atoms with Crippen molar-refractivity contribution in [2.45, 2.75) is 31.1 Å². The van der Waals surface area contributed by atoms with Crippen LogP contribution < -0.4 is 0 Å². The SMILES string of the molecule is O=C1CN(Cc2nc3sc(CO)nn3c2C(F)(F)F)C[C@H]1CC(F)(F)Cl. The molecule has 0 aromatic carbocycles. The number of aliphatic hydroxyl groups excluding tert-OH is 1. The smallest absolute Gasteiger partial charge is 0.389 e. The number of rotatable bonds is 5. The minimum absolute atomic E-state index is 0.0502. The molecule has 1 atom stereocenters. The van der Waals surface area contributed by atoms with Crippen LogP contribution in [0.3, 0.4) is 0 Å². The molecule has 0 aliphatic carbocycles. The summed E-state index contributed by atoms with van der Waals surface area (Å²) >= 11 is 5.65. The summed E-state index contributed by atoms with van der Waals surface area (Å²) in [6.07, 6.45) is -5.63. The topological polar surface area (TPSA) is 70.7 Å². The Labute approximate surface area is 152 Å². The highest BCUT2D eigenvalue weighted by atomic mass is 35.5. The van der Waals surface area contributed by atoms with Gasteiger partial charge in [0.1, 0.15) is 5.01 Å². The Balaban J connectivity index is 1.85. The van der Waals surface area contributed by atoms with Gasteiger partial charge in [-0.3, -0.25) is 9.69 Å². The zero-order chi connectivity index (χ0) is 19.3. The fraction of sp³-hybridized carbons (Fsp3) is 0.615. The molecule has 26 heavy (non-hydrogen) atoms. The van der Waals surface area contributed by atoms with Crippen molar-refractivity contribution in [1.82, 2.24) is 19.5 Å². The monoisotopic (exact) mass is 418 g/mol. The Morgan fingerprint density at radius 2 is 2.00 bits per heavy atom. The summed E-state index contributed by atoms with van der Waals surface area (Å²) in [7, 11) is 0. The number of alkyl halides is 6. The first kappa shape index (κ1) is 19.4. The van der Waals surface area contributed by atoms with Crippen molar-refractivity contribution in [2.24, 2.45) is 5.92 Å². The van der Waals surface area contributed by atoms with Gasteiger partial charge < -0.3 is 5.11 Å². The molecule has 0 bridgehead atoms. The third kappa shape index (κ3) is 3.97. The highest BCUT2D eigenvalue weighted by Crippen LogP contribution is 2.36. The fourth-order valence-corrected chi connectivity index (χ4v) is 3.86. The Morgan fingerprint density at radius 1 is 1.31 bits per heavy atom. The van der Waals surface area contributed by atoms with E-state index in [1.165, 1.54) is 4.90 Å². The summed E-state index contributed by atoms with van der Waals surface area (Å²) in [4.78, 5) is 17.0. The van der Waals surface area contributed by atoms with E-state index in [-0.39, 0.29) is 35.3 Å². The first-order chi connectivity index (χ1) is 12.0. The molecule has 13 heteroatoms. The Hall–Kier alpha value is -1.37. The molecule has 2 aromatic heterocycles. The molecule has 0 amide bonds. The highest BCUT2D eigenvalue weighted by Gasteiger charge is 2.42. The number of aromatic nitrogens is 3. The van der Waals surface area contributed by atoms with Crippen molar-refractivity contribution in [2.75, 3.05) is 13.1 Å². The summed E-state index contributed by atoms with van der Waals surface area (Å²) < 4.78 is 66.6. The van der Waals surface area contributed by atoms with Gasteiger partial charge in [-0.1, -0.05) is 11.3 Å². The van der Waals surface area contributed by atoms with Crippen LogP contribution in [-0.4, -0.2) is 48.9 Å². The molecule has 2 aromatic rings. The summed E-state index contributed by atoms with van der Waals surface area (Å²) in [5, 5.41) is 9.21. The molecular formula is C13H12ClF5N4O2S. The van der Waals surface area contributed by atoms with Crippen molar-refractivity contribution < 1.29 is 31.9 Å². The second-order valence-corrected chi connectivity index (χ2v) is 7.50. The molecule has 0 spiro atoms. The van der Waals surface area contributed by atoms with Gasteiger partial charge in [-0.25, -0.2) is 4.98 Å². The number of carbonyl (C=O) groups excluding carboxylic acids is 1. The van der Waals surface area contributed by atoms with Crippen LogP contribution in [-0.2, 0) is 24.1 Å². The zero-order valence-electron chi connectivity index (χ0n) is 12.9. The lowest BCUT2D eigenvalue weighted by Crippen LogP contribution is -2.24. The van der Waals surface area contributed by atoms with Gasteiger partial charge in [-0.2, -0.15) is 31.6 Å². The summed E-state index contributed by atoms with van der Waals surface area (Å²) in [5.41, 5.74) is -1.46. The third-order valence-corrected chi connectivity index (χ3v) is 4.93. The largest absolute Gasteiger partial charge is 0.435 e. The number of halogens is 6. The summed E-state index contributed by atoms with van der Waals surface area (Å²) in [6, 6.07) is 0. The first-order valence-corrected chi connectivity index (χ1v) is 8.54. The maximum Gasteiger partial charge on any atom is 0.435 e. The van der Waals surface area contributed by atoms with Crippen LogP contribution in [0.1, 0.15) is 22.8 Å². The number of hydrogen-bond donors (Lipinski definition) is 1. The molecule has 1 N–H and O–H groups in total. The van der Waals surface area contributed by atoms with Crippen molar-refractivity contribution in [3.63, 3.8) is 0 Å². The van der Waals surface area contributed by atoms with Crippen molar-refractivity contribution >= 4 is 33.7 Å². The fourth-order valence-electron chi connectivity index (χ4n) is 2.91. The van der Waals surface area contributed by atoms with E-state index in [1.54, 1.807) is 0 Å². The molecule has 6 nitrogen and oxygen atoms in total. The molecule has 3 rings (SSSR count). The van der Waals surface area contributed by atoms with Gasteiger partial charge >= 0.3 is 11.6 Å². The Kier molecular flexibility index (Phi) is 4.97. The first-order valence-electron chi connectivity index (χ1n) is 7.35. The number of nitrogens with zero attached hydrogens (tertiary/aromatic N) is 4. The van der Waals surface area contributed by atoms with E-state index < -0.39 is 42.0 Å². The van der Waals surface area contributed by atoms with Crippen molar-refractivity contribution in [1.29, 1.82) is 0 Å². The van der Waals surface area contributed by atoms with Crippen LogP contribution in [0.4, 0.5) is 22.0 Å². The molecule has 1 fully saturated rings. The second-order valence-electron chi connectivity index (χ2n) is 5.91.